The number of amides is 1. The Morgan fingerprint density at radius 1 is 1.35 bits per heavy atom. The fraction of sp³-hybridized carbons (Fsp3) is 0.400. The van der Waals surface area contributed by atoms with E-state index in [9.17, 15) is 4.79 Å². The number of aromatic nitrogens is 2. The summed E-state index contributed by atoms with van der Waals surface area (Å²) in [6.45, 7) is 4.41. The molecule has 0 bridgehead atoms. The first kappa shape index (κ1) is 19.7. The van der Waals surface area contributed by atoms with Crippen LogP contribution in [0.25, 0.3) is 6.08 Å². The van der Waals surface area contributed by atoms with E-state index in [2.05, 4.69) is 15.3 Å². The molecule has 2 aromatic rings. The highest BCUT2D eigenvalue weighted by atomic mass is 16.5. The number of aryl methyl sites for hydroxylation is 2. The summed E-state index contributed by atoms with van der Waals surface area (Å²) in [6.07, 6.45) is 3.38. The molecule has 1 atom stereocenters. The number of para-hydroxylation sites is 1. The Morgan fingerprint density at radius 2 is 2.04 bits per heavy atom. The van der Waals surface area contributed by atoms with Gasteiger partial charge in [-0.25, -0.2) is 0 Å². The summed E-state index contributed by atoms with van der Waals surface area (Å²) in [5.41, 5.74) is 3.97. The summed E-state index contributed by atoms with van der Waals surface area (Å²) < 4.78 is 7.27. The summed E-state index contributed by atoms with van der Waals surface area (Å²) in [4.78, 5) is 14.4. The van der Waals surface area contributed by atoms with Crippen molar-refractivity contribution in [3.63, 3.8) is 0 Å². The molecule has 1 unspecified atom stereocenters. The van der Waals surface area contributed by atoms with Crippen molar-refractivity contribution in [3.8, 4) is 5.75 Å². The van der Waals surface area contributed by atoms with Crippen LogP contribution < -0.4 is 10.1 Å². The van der Waals surface area contributed by atoms with Crippen LogP contribution in [0.2, 0.25) is 0 Å². The molecule has 1 aromatic carbocycles. The smallest absolute Gasteiger partial charge is 0.244 e. The second-order valence-electron chi connectivity index (χ2n) is 6.51. The molecule has 0 aliphatic carbocycles. The van der Waals surface area contributed by atoms with Gasteiger partial charge in [0.05, 0.1) is 18.8 Å². The van der Waals surface area contributed by atoms with E-state index in [1.54, 1.807) is 13.2 Å². The number of nitrogens with zero attached hydrogens (tertiary/aromatic N) is 3. The summed E-state index contributed by atoms with van der Waals surface area (Å²) in [7, 11) is 7.53. The molecule has 0 saturated heterocycles. The molecule has 6 nitrogen and oxygen atoms in total. The van der Waals surface area contributed by atoms with Gasteiger partial charge in [0.15, 0.2) is 0 Å². The van der Waals surface area contributed by atoms with Crippen molar-refractivity contribution in [1.29, 1.82) is 0 Å². The van der Waals surface area contributed by atoms with E-state index in [0.29, 0.717) is 6.54 Å². The van der Waals surface area contributed by atoms with Gasteiger partial charge in [-0.1, -0.05) is 18.2 Å². The third-order valence-electron chi connectivity index (χ3n) is 4.56. The number of rotatable bonds is 7. The lowest BCUT2D eigenvalue weighted by atomic mass is 10.0. The number of benzene rings is 1. The number of ether oxygens (including phenoxy) is 1. The largest absolute Gasteiger partial charge is 0.496 e. The van der Waals surface area contributed by atoms with Gasteiger partial charge in [0, 0.05) is 36.5 Å². The highest BCUT2D eigenvalue weighted by molar-refractivity contribution is 5.92. The standard InChI is InChI=1S/C20H28N4O2/c1-14-16(15(2)24(5)22-14)11-12-20(25)21-13-18(23(3)4)17-9-7-8-10-19(17)26-6/h7-12,18H,13H2,1-6H3,(H,21,25)/b12-11+. The van der Waals surface area contributed by atoms with E-state index in [1.165, 1.54) is 0 Å². The van der Waals surface area contributed by atoms with Gasteiger partial charge in [0.2, 0.25) is 5.91 Å². The molecule has 0 spiro atoms. The summed E-state index contributed by atoms with van der Waals surface area (Å²) in [6, 6.07) is 7.89. The van der Waals surface area contributed by atoms with Gasteiger partial charge in [-0.2, -0.15) is 5.10 Å². The van der Waals surface area contributed by atoms with Crippen LogP contribution in [-0.4, -0.2) is 48.3 Å². The minimum absolute atomic E-state index is 0.0189. The molecule has 0 fully saturated rings. The molecule has 0 radical (unpaired) electrons. The van der Waals surface area contributed by atoms with E-state index in [4.69, 9.17) is 4.74 Å². The molecular weight excluding hydrogens is 328 g/mol. The van der Waals surface area contributed by atoms with Crippen molar-refractivity contribution in [2.24, 2.45) is 7.05 Å². The molecule has 6 heteroatoms. The molecule has 1 aromatic heterocycles. The maximum Gasteiger partial charge on any atom is 0.244 e. The van der Waals surface area contributed by atoms with Crippen molar-refractivity contribution in [2.45, 2.75) is 19.9 Å². The molecule has 2 rings (SSSR count). The number of nitrogens with one attached hydrogen (secondary N) is 1. The molecule has 0 aliphatic heterocycles. The van der Waals surface area contributed by atoms with Crippen LogP contribution in [0.5, 0.6) is 5.75 Å². The van der Waals surface area contributed by atoms with Gasteiger partial charge >= 0.3 is 0 Å². The predicted molar refractivity (Wildman–Crippen MR) is 104 cm³/mol. The summed E-state index contributed by atoms with van der Waals surface area (Å²) in [5, 5.41) is 7.34. The molecule has 0 aliphatic rings. The van der Waals surface area contributed by atoms with E-state index >= 15 is 0 Å². The lowest BCUT2D eigenvalue weighted by Gasteiger charge is -2.26. The van der Waals surface area contributed by atoms with E-state index in [0.717, 1.165) is 28.3 Å². The predicted octanol–water partition coefficient (Wildman–Crippen LogP) is 2.48. The number of carbonyl (C=O) groups excluding carboxylic acids is 1. The highest BCUT2D eigenvalue weighted by Crippen LogP contribution is 2.27. The Morgan fingerprint density at radius 3 is 2.62 bits per heavy atom. The summed E-state index contributed by atoms with van der Waals surface area (Å²) in [5.74, 6) is 0.687. The zero-order chi connectivity index (χ0) is 19.3. The Bertz CT molecular complexity index is 793. The first-order chi connectivity index (χ1) is 12.3. The fourth-order valence-electron chi connectivity index (χ4n) is 2.96. The first-order valence-corrected chi connectivity index (χ1v) is 8.60. The maximum absolute atomic E-state index is 12.3. The van der Waals surface area contributed by atoms with E-state index < -0.39 is 0 Å². The van der Waals surface area contributed by atoms with Crippen molar-refractivity contribution in [3.05, 3.63) is 52.9 Å². The normalized spacial score (nSPS) is 12.6. The van der Waals surface area contributed by atoms with Gasteiger partial charge in [-0.15, -0.1) is 0 Å². The van der Waals surface area contributed by atoms with Gasteiger partial charge in [-0.05, 0) is 40.1 Å². The lowest BCUT2D eigenvalue weighted by molar-refractivity contribution is -0.116. The third-order valence-corrected chi connectivity index (χ3v) is 4.56. The zero-order valence-electron chi connectivity index (χ0n) is 16.4. The quantitative estimate of drug-likeness (QED) is 0.775. The number of likely N-dealkylation sites (N-methyl/N-ethyl adjacent to an activating group) is 1. The van der Waals surface area contributed by atoms with E-state index in [-0.39, 0.29) is 11.9 Å². The van der Waals surface area contributed by atoms with Crippen LogP contribution in [0, 0.1) is 13.8 Å². The topological polar surface area (TPSA) is 59.4 Å². The van der Waals surface area contributed by atoms with Crippen molar-refractivity contribution in [1.82, 2.24) is 20.0 Å². The molecule has 26 heavy (non-hydrogen) atoms. The van der Waals surface area contributed by atoms with Gasteiger partial charge < -0.3 is 15.0 Å². The van der Waals surface area contributed by atoms with Crippen LogP contribution >= 0.6 is 0 Å². The van der Waals surface area contributed by atoms with Crippen LogP contribution in [-0.2, 0) is 11.8 Å². The van der Waals surface area contributed by atoms with Crippen molar-refractivity contribution in [2.75, 3.05) is 27.7 Å². The van der Waals surface area contributed by atoms with Crippen molar-refractivity contribution < 1.29 is 9.53 Å². The number of methoxy groups -OCH3 is 1. The molecule has 1 N–H and O–H groups in total. The maximum atomic E-state index is 12.3. The van der Waals surface area contributed by atoms with Crippen LogP contribution in [0.1, 0.15) is 28.6 Å². The van der Waals surface area contributed by atoms with Crippen LogP contribution in [0.15, 0.2) is 30.3 Å². The average molecular weight is 356 g/mol. The third kappa shape index (κ3) is 4.52. The second kappa shape index (κ2) is 8.67. The Kier molecular flexibility index (Phi) is 6.58. The van der Waals surface area contributed by atoms with Crippen molar-refractivity contribution >= 4 is 12.0 Å². The molecule has 0 saturated carbocycles. The average Bonchev–Trinajstić information content (AvgIpc) is 2.85. The van der Waals surface area contributed by atoms with Gasteiger partial charge in [0.1, 0.15) is 5.75 Å². The molecular formula is C20H28N4O2. The second-order valence-corrected chi connectivity index (χ2v) is 6.51. The Hall–Kier alpha value is -2.60. The molecule has 140 valence electrons. The minimum atomic E-state index is -0.130. The van der Waals surface area contributed by atoms with Crippen LogP contribution in [0.3, 0.4) is 0 Å². The fourth-order valence-corrected chi connectivity index (χ4v) is 2.96. The zero-order valence-corrected chi connectivity index (χ0v) is 16.4. The monoisotopic (exact) mass is 356 g/mol. The SMILES string of the molecule is COc1ccccc1C(CNC(=O)/C=C/c1c(C)nn(C)c1C)N(C)C. The van der Waals surface area contributed by atoms with Gasteiger partial charge in [-0.3, -0.25) is 9.48 Å². The number of hydrogen-bond acceptors (Lipinski definition) is 4. The Balaban J connectivity index is 2.07. The highest BCUT2D eigenvalue weighted by Gasteiger charge is 2.18. The Labute approximate surface area is 155 Å². The lowest BCUT2D eigenvalue weighted by Crippen LogP contribution is -2.34. The van der Waals surface area contributed by atoms with Gasteiger partial charge in [0.25, 0.3) is 0 Å². The van der Waals surface area contributed by atoms with Crippen LogP contribution in [0.4, 0.5) is 0 Å². The number of carbonyl (C=O) groups is 1. The molecule has 1 heterocycles. The van der Waals surface area contributed by atoms with E-state index in [1.807, 2.05) is 70.0 Å². The minimum Gasteiger partial charge on any atom is -0.496 e. The summed E-state index contributed by atoms with van der Waals surface area (Å²) >= 11 is 0. The first-order valence-electron chi connectivity index (χ1n) is 8.60. The molecule has 1 amide bonds. The number of hydrogen-bond donors (Lipinski definition) is 1.